The third kappa shape index (κ3) is 2.20. The molecule has 7 heteroatoms. The van der Waals surface area contributed by atoms with Crippen LogP contribution in [0.1, 0.15) is 17.5 Å². The maximum absolute atomic E-state index is 13.3. The van der Waals surface area contributed by atoms with Crippen LogP contribution in [0.2, 0.25) is 0 Å². The van der Waals surface area contributed by atoms with Gasteiger partial charge in [0.25, 0.3) is 5.91 Å². The quantitative estimate of drug-likeness (QED) is 0.679. The minimum Gasteiger partial charge on any atom is -0.294 e. The Morgan fingerprint density at radius 2 is 1.64 bits per heavy atom. The zero-order chi connectivity index (χ0) is 19.5. The van der Waals surface area contributed by atoms with E-state index < -0.39 is 27.4 Å². The Morgan fingerprint density at radius 3 is 2.39 bits per heavy atom. The highest BCUT2D eigenvalue weighted by Crippen LogP contribution is 2.49. The number of carbonyl (C=O) groups excluding carboxylic acids is 2. The van der Waals surface area contributed by atoms with Crippen LogP contribution < -0.4 is 5.32 Å². The van der Waals surface area contributed by atoms with Crippen LogP contribution in [0, 0.1) is 0 Å². The lowest BCUT2D eigenvalue weighted by Crippen LogP contribution is -2.48. The number of fused-ring (bicyclic) bond motifs is 3. The van der Waals surface area contributed by atoms with Crippen molar-refractivity contribution in [1.82, 2.24) is 9.62 Å². The third-order valence-corrected chi connectivity index (χ3v) is 7.44. The van der Waals surface area contributed by atoms with Gasteiger partial charge in [0.05, 0.1) is 11.3 Å². The van der Waals surface area contributed by atoms with Crippen molar-refractivity contribution in [3.8, 4) is 0 Å². The van der Waals surface area contributed by atoms with E-state index in [1.54, 1.807) is 18.2 Å². The van der Waals surface area contributed by atoms with E-state index in [4.69, 9.17) is 0 Å². The maximum atomic E-state index is 13.3. The molecule has 2 amide bonds. The van der Waals surface area contributed by atoms with Gasteiger partial charge in [-0.2, -0.15) is 4.31 Å². The molecule has 3 aromatic rings. The van der Waals surface area contributed by atoms with E-state index in [2.05, 4.69) is 5.32 Å². The molecule has 28 heavy (non-hydrogen) atoms. The van der Waals surface area contributed by atoms with Gasteiger partial charge >= 0.3 is 0 Å². The van der Waals surface area contributed by atoms with Crippen molar-refractivity contribution in [2.45, 2.75) is 23.4 Å². The molecule has 0 bridgehead atoms. The molecule has 1 atom stereocenters. The molecule has 5 rings (SSSR count). The van der Waals surface area contributed by atoms with Gasteiger partial charge in [-0.15, -0.1) is 0 Å². The number of nitrogens with zero attached hydrogens (tertiary/aromatic N) is 1. The van der Waals surface area contributed by atoms with Crippen molar-refractivity contribution in [3.63, 3.8) is 0 Å². The van der Waals surface area contributed by atoms with Crippen LogP contribution in [-0.2, 0) is 31.7 Å². The second kappa shape index (κ2) is 5.73. The Kier molecular flexibility index (Phi) is 3.50. The molecule has 140 valence electrons. The first kappa shape index (κ1) is 17.1. The number of amides is 2. The number of benzene rings is 3. The van der Waals surface area contributed by atoms with Gasteiger partial charge in [0, 0.05) is 12.1 Å². The highest BCUT2D eigenvalue weighted by Gasteiger charge is 2.62. The number of hydrogen-bond donors (Lipinski definition) is 1. The van der Waals surface area contributed by atoms with Crippen molar-refractivity contribution in [1.29, 1.82) is 0 Å². The largest absolute Gasteiger partial charge is 0.294 e. The highest BCUT2D eigenvalue weighted by atomic mass is 32.2. The first-order valence-electron chi connectivity index (χ1n) is 8.87. The van der Waals surface area contributed by atoms with Gasteiger partial charge in [-0.25, -0.2) is 8.42 Å². The molecule has 1 saturated heterocycles. The smallest absolute Gasteiger partial charge is 0.253 e. The summed E-state index contributed by atoms with van der Waals surface area (Å²) in [6.45, 7) is 0.00253. The zero-order valence-corrected chi connectivity index (χ0v) is 15.6. The first-order chi connectivity index (χ1) is 13.4. The van der Waals surface area contributed by atoms with Gasteiger partial charge in [-0.3, -0.25) is 14.9 Å². The average Bonchev–Trinajstić information content (AvgIpc) is 3.08. The van der Waals surface area contributed by atoms with Gasteiger partial charge in [0.1, 0.15) is 0 Å². The molecule has 3 aromatic carbocycles. The molecule has 0 aromatic heterocycles. The molecule has 0 aliphatic carbocycles. The topological polar surface area (TPSA) is 83.5 Å². The molecule has 0 saturated carbocycles. The van der Waals surface area contributed by atoms with E-state index in [0.717, 1.165) is 16.3 Å². The number of nitrogens with one attached hydrogen (secondary N) is 1. The van der Waals surface area contributed by atoms with E-state index in [1.165, 1.54) is 10.4 Å². The summed E-state index contributed by atoms with van der Waals surface area (Å²) in [4.78, 5) is 25.0. The average molecular weight is 392 g/mol. The molecule has 1 spiro atoms. The lowest BCUT2D eigenvalue weighted by atomic mass is 9.87. The van der Waals surface area contributed by atoms with Crippen LogP contribution in [0.4, 0.5) is 0 Å². The summed E-state index contributed by atoms with van der Waals surface area (Å²) in [5.74, 6) is -1.06. The summed E-state index contributed by atoms with van der Waals surface area (Å²) in [7, 11) is -3.93. The second-order valence-electron chi connectivity index (χ2n) is 7.10. The highest BCUT2D eigenvalue weighted by molar-refractivity contribution is 7.89. The van der Waals surface area contributed by atoms with Gasteiger partial charge in [-0.05, 0) is 28.5 Å². The molecule has 6 nitrogen and oxygen atoms in total. The summed E-state index contributed by atoms with van der Waals surface area (Å²) in [6.07, 6.45) is -0.213. The lowest BCUT2D eigenvalue weighted by Gasteiger charge is -2.30. The summed E-state index contributed by atoms with van der Waals surface area (Å²) in [6, 6.07) is 19.9. The molecule has 2 aliphatic rings. The van der Waals surface area contributed by atoms with Gasteiger partial charge in [-0.1, -0.05) is 54.6 Å². The standard InChI is InChI=1S/C21H16N2O4S/c24-19-12-21(20(25)22-19)17-7-3-4-8-18(17)28(26,27)23(21)13-14-9-10-15-5-1-2-6-16(15)11-14/h1-11H,12-13H2,(H,22,24,25). The van der Waals surface area contributed by atoms with Crippen molar-refractivity contribution >= 4 is 32.6 Å². The SMILES string of the molecule is O=C1CC2(C(=O)N1)c1ccccc1S(=O)(=O)N2Cc1ccc2ccccc2c1. The van der Waals surface area contributed by atoms with Crippen LogP contribution >= 0.6 is 0 Å². The van der Waals surface area contributed by atoms with E-state index in [1.807, 2.05) is 42.5 Å². The fraction of sp³-hybridized carbons (Fsp3) is 0.143. The van der Waals surface area contributed by atoms with Crippen LogP contribution in [0.15, 0.2) is 71.6 Å². The minimum atomic E-state index is -3.93. The summed E-state index contributed by atoms with van der Waals surface area (Å²) < 4.78 is 27.8. The minimum absolute atomic E-state index is 0.00253. The van der Waals surface area contributed by atoms with E-state index in [-0.39, 0.29) is 17.9 Å². The molecular weight excluding hydrogens is 376 g/mol. The normalized spacial score (nSPS) is 23.3. The van der Waals surface area contributed by atoms with Crippen LogP contribution in [0.25, 0.3) is 10.8 Å². The summed E-state index contributed by atoms with van der Waals surface area (Å²) in [5.41, 5.74) is -0.418. The predicted octanol–water partition coefficient (Wildman–Crippen LogP) is 2.29. The van der Waals surface area contributed by atoms with Gasteiger partial charge < -0.3 is 0 Å². The zero-order valence-electron chi connectivity index (χ0n) is 14.8. The maximum Gasteiger partial charge on any atom is 0.253 e. The predicted molar refractivity (Wildman–Crippen MR) is 103 cm³/mol. The Morgan fingerprint density at radius 1 is 0.929 bits per heavy atom. The Balaban J connectivity index is 1.68. The molecule has 1 N–H and O–H groups in total. The molecule has 1 fully saturated rings. The second-order valence-corrected chi connectivity index (χ2v) is 8.93. The van der Waals surface area contributed by atoms with Crippen molar-refractivity contribution in [3.05, 3.63) is 77.9 Å². The monoisotopic (exact) mass is 392 g/mol. The van der Waals surface area contributed by atoms with Crippen molar-refractivity contribution in [2.24, 2.45) is 0 Å². The number of carbonyl (C=O) groups is 2. The third-order valence-electron chi connectivity index (χ3n) is 5.51. The van der Waals surface area contributed by atoms with Crippen LogP contribution in [-0.4, -0.2) is 24.5 Å². The van der Waals surface area contributed by atoms with E-state index in [9.17, 15) is 18.0 Å². The summed E-state index contributed by atoms with van der Waals surface area (Å²) in [5, 5.41) is 4.32. The number of rotatable bonds is 2. The number of imide groups is 1. The Bertz CT molecular complexity index is 1270. The molecule has 0 radical (unpaired) electrons. The molecular formula is C21H16N2O4S. The molecule has 1 unspecified atom stereocenters. The fourth-order valence-electron chi connectivity index (χ4n) is 4.22. The molecule has 2 heterocycles. The molecule has 2 aliphatic heterocycles. The Labute approximate surface area is 161 Å². The van der Waals surface area contributed by atoms with Crippen molar-refractivity contribution < 1.29 is 18.0 Å². The number of sulfonamides is 1. The van der Waals surface area contributed by atoms with Crippen molar-refractivity contribution in [2.75, 3.05) is 0 Å². The summed E-state index contributed by atoms with van der Waals surface area (Å²) >= 11 is 0. The Hall–Kier alpha value is -3.03. The van der Waals surface area contributed by atoms with Gasteiger partial charge in [0.15, 0.2) is 5.54 Å². The van der Waals surface area contributed by atoms with Crippen LogP contribution in [0.3, 0.4) is 0 Å². The lowest BCUT2D eigenvalue weighted by molar-refractivity contribution is -0.128. The fourth-order valence-corrected chi connectivity index (χ4v) is 6.20. The number of hydrogen-bond acceptors (Lipinski definition) is 4. The van der Waals surface area contributed by atoms with Crippen LogP contribution in [0.5, 0.6) is 0 Å². The van der Waals surface area contributed by atoms with Gasteiger partial charge in [0.2, 0.25) is 15.9 Å². The van der Waals surface area contributed by atoms with E-state index in [0.29, 0.717) is 5.56 Å². The van der Waals surface area contributed by atoms with E-state index >= 15 is 0 Å². The first-order valence-corrected chi connectivity index (χ1v) is 10.3.